The van der Waals surface area contributed by atoms with Crippen LogP contribution in [0.4, 0.5) is 4.39 Å². The van der Waals surface area contributed by atoms with Gasteiger partial charge in [-0.2, -0.15) is 0 Å². The van der Waals surface area contributed by atoms with Gasteiger partial charge < -0.3 is 4.74 Å². The van der Waals surface area contributed by atoms with Crippen LogP contribution in [0.3, 0.4) is 0 Å². The normalized spacial score (nSPS) is 14.4. The first kappa shape index (κ1) is 11.8. The van der Waals surface area contributed by atoms with Crippen molar-refractivity contribution in [2.75, 3.05) is 0 Å². The SMILES string of the molecule is O=C(CC(=O)C1CC1)OCc1ccc(F)cc1. The van der Waals surface area contributed by atoms with E-state index in [1.165, 1.54) is 12.1 Å². The van der Waals surface area contributed by atoms with Crippen molar-refractivity contribution in [1.82, 2.24) is 0 Å². The second-order valence-electron chi connectivity index (χ2n) is 4.20. The molecule has 0 aliphatic heterocycles. The average Bonchev–Trinajstić information content (AvgIpc) is 3.12. The predicted molar refractivity (Wildman–Crippen MR) is 58.5 cm³/mol. The maximum absolute atomic E-state index is 12.6. The van der Waals surface area contributed by atoms with E-state index < -0.39 is 5.97 Å². The second kappa shape index (κ2) is 5.08. The molecule has 90 valence electrons. The number of halogens is 1. The number of hydrogen-bond acceptors (Lipinski definition) is 3. The Hall–Kier alpha value is -1.71. The number of carbonyl (C=O) groups excluding carboxylic acids is 2. The number of ketones is 1. The van der Waals surface area contributed by atoms with E-state index in [4.69, 9.17) is 4.74 Å². The van der Waals surface area contributed by atoms with Crippen molar-refractivity contribution in [1.29, 1.82) is 0 Å². The van der Waals surface area contributed by atoms with Crippen LogP contribution in [0.1, 0.15) is 24.8 Å². The molecule has 1 aliphatic carbocycles. The predicted octanol–water partition coefficient (Wildman–Crippen LogP) is 2.24. The maximum Gasteiger partial charge on any atom is 0.313 e. The Morgan fingerprint density at radius 1 is 1.24 bits per heavy atom. The molecule has 4 heteroatoms. The van der Waals surface area contributed by atoms with Crippen LogP contribution in [-0.4, -0.2) is 11.8 Å². The summed E-state index contributed by atoms with van der Waals surface area (Å²) in [6.45, 7) is 0.0804. The molecule has 1 fully saturated rings. The van der Waals surface area contributed by atoms with Gasteiger partial charge in [0.1, 0.15) is 24.6 Å². The number of benzene rings is 1. The van der Waals surface area contributed by atoms with Crippen molar-refractivity contribution in [3.8, 4) is 0 Å². The van der Waals surface area contributed by atoms with Gasteiger partial charge >= 0.3 is 5.97 Å². The third kappa shape index (κ3) is 3.66. The van der Waals surface area contributed by atoms with E-state index >= 15 is 0 Å². The molecule has 0 heterocycles. The molecule has 0 unspecified atom stereocenters. The Labute approximate surface area is 98.6 Å². The molecule has 0 bridgehead atoms. The van der Waals surface area contributed by atoms with Crippen molar-refractivity contribution in [3.05, 3.63) is 35.6 Å². The Morgan fingerprint density at radius 3 is 2.47 bits per heavy atom. The molecule has 1 aromatic carbocycles. The molecule has 0 spiro atoms. The minimum absolute atomic E-state index is 0.0332. The molecule has 0 radical (unpaired) electrons. The highest BCUT2D eigenvalue weighted by molar-refractivity contribution is 5.97. The van der Waals surface area contributed by atoms with Crippen LogP contribution in [0.15, 0.2) is 24.3 Å². The molecule has 0 saturated heterocycles. The number of Topliss-reactive ketones (excluding diaryl/α,β-unsaturated/α-hetero) is 1. The highest BCUT2D eigenvalue weighted by Gasteiger charge is 2.30. The standard InChI is InChI=1S/C13H13FO3/c14-11-5-1-9(2-6-11)8-17-13(16)7-12(15)10-3-4-10/h1-2,5-6,10H,3-4,7-8H2. The minimum atomic E-state index is -0.508. The van der Waals surface area contributed by atoms with E-state index in [9.17, 15) is 14.0 Å². The van der Waals surface area contributed by atoms with Crippen molar-refractivity contribution >= 4 is 11.8 Å². The number of hydrogen-bond donors (Lipinski definition) is 0. The van der Waals surface area contributed by atoms with Crippen molar-refractivity contribution in [2.45, 2.75) is 25.9 Å². The number of esters is 1. The zero-order chi connectivity index (χ0) is 12.3. The van der Waals surface area contributed by atoms with Gasteiger partial charge in [-0.25, -0.2) is 4.39 Å². The van der Waals surface area contributed by atoms with E-state index in [0.29, 0.717) is 5.56 Å². The molecule has 1 aromatic rings. The number of ether oxygens (including phenoxy) is 1. The van der Waals surface area contributed by atoms with Gasteiger partial charge in [-0.3, -0.25) is 9.59 Å². The van der Waals surface area contributed by atoms with Gasteiger partial charge in [-0.1, -0.05) is 12.1 Å². The summed E-state index contributed by atoms with van der Waals surface area (Å²) in [4.78, 5) is 22.6. The van der Waals surface area contributed by atoms with Gasteiger partial charge in [0.25, 0.3) is 0 Å². The molecule has 1 saturated carbocycles. The van der Waals surface area contributed by atoms with Crippen LogP contribution >= 0.6 is 0 Å². The molecule has 0 atom stereocenters. The Balaban J connectivity index is 1.75. The lowest BCUT2D eigenvalue weighted by molar-refractivity contribution is -0.147. The quantitative estimate of drug-likeness (QED) is 0.581. The summed E-state index contributed by atoms with van der Waals surface area (Å²) >= 11 is 0. The third-order valence-electron chi connectivity index (χ3n) is 2.66. The highest BCUT2D eigenvalue weighted by atomic mass is 19.1. The lowest BCUT2D eigenvalue weighted by Crippen LogP contribution is -2.12. The maximum atomic E-state index is 12.6. The summed E-state index contributed by atoms with van der Waals surface area (Å²) in [7, 11) is 0. The fraction of sp³-hybridized carbons (Fsp3) is 0.385. The van der Waals surface area contributed by atoms with Gasteiger partial charge in [0, 0.05) is 5.92 Å². The van der Waals surface area contributed by atoms with Crippen LogP contribution < -0.4 is 0 Å². The lowest BCUT2D eigenvalue weighted by Gasteiger charge is -2.04. The molecule has 17 heavy (non-hydrogen) atoms. The summed E-state index contributed by atoms with van der Waals surface area (Å²) in [5, 5.41) is 0. The van der Waals surface area contributed by atoms with Gasteiger partial charge in [0.2, 0.25) is 0 Å². The van der Waals surface area contributed by atoms with Gasteiger partial charge in [0.05, 0.1) is 0 Å². The van der Waals surface area contributed by atoms with Gasteiger partial charge in [-0.15, -0.1) is 0 Å². The molecule has 0 aromatic heterocycles. The van der Waals surface area contributed by atoms with Gasteiger partial charge in [-0.05, 0) is 30.5 Å². The summed E-state index contributed by atoms with van der Waals surface area (Å²) < 4.78 is 17.5. The van der Waals surface area contributed by atoms with Crippen molar-refractivity contribution in [2.24, 2.45) is 5.92 Å². The van der Waals surface area contributed by atoms with Crippen LogP contribution in [0.25, 0.3) is 0 Å². The molecular weight excluding hydrogens is 223 g/mol. The molecule has 3 nitrogen and oxygen atoms in total. The van der Waals surface area contributed by atoms with Gasteiger partial charge in [0.15, 0.2) is 0 Å². The molecule has 0 amide bonds. The molecule has 2 rings (SSSR count). The minimum Gasteiger partial charge on any atom is -0.460 e. The van der Waals surface area contributed by atoms with Crippen LogP contribution in [0, 0.1) is 11.7 Å². The highest BCUT2D eigenvalue weighted by Crippen LogP contribution is 2.30. The molecule has 1 aliphatic rings. The first-order valence-electron chi connectivity index (χ1n) is 5.58. The van der Waals surface area contributed by atoms with E-state index in [-0.39, 0.29) is 30.5 Å². The molecule has 0 N–H and O–H groups in total. The lowest BCUT2D eigenvalue weighted by atomic mass is 10.2. The number of rotatable bonds is 5. The Morgan fingerprint density at radius 2 is 1.88 bits per heavy atom. The molecular formula is C13H13FO3. The van der Waals surface area contributed by atoms with Crippen molar-refractivity contribution in [3.63, 3.8) is 0 Å². The van der Waals surface area contributed by atoms with E-state index in [1.54, 1.807) is 12.1 Å². The topological polar surface area (TPSA) is 43.4 Å². The van der Waals surface area contributed by atoms with Crippen LogP contribution in [-0.2, 0) is 20.9 Å². The Kier molecular flexibility index (Phi) is 3.52. The smallest absolute Gasteiger partial charge is 0.313 e. The van der Waals surface area contributed by atoms with E-state index in [1.807, 2.05) is 0 Å². The van der Waals surface area contributed by atoms with Crippen molar-refractivity contribution < 1.29 is 18.7 Å². The van der Waals surface area contributed by atoms with Crippen LogP contribution in [0.2, 0.25) is 0 Å². The van der Waals surface area contributed by atoms with Crippen LogP contribution in [0.5, 0.6) is 0 Å². The fourth-order valence-electron chi connectivity index (χ4n) is 1.49. The fourth-order valence-corrected chi connectivity index (χ4v) is 1.49. The monoisotopic (exact) mass is 236 g/mol. The first-order valence-corrected chi connectivity index (χ1v) is 5.58. The summed E-state index contributed by atoms with van der Waals surface area (Å²) in [5.41, 5.74) is 0.707. The summed E-state index contributed by atoms with van der Waals surface area (Å²) in [5.74, 6) is -0.794. The number of carbonyl (C=O) groups is 2. The summed E-state index contributed by atoms with van der Waals surface area (Å²) in [6, 6.07) is 5.70. The Bertz CT molecular complexity index is 421. The average molecular weight is 236 g/mol. The summed E-state index contributed by atoms with van der Waals surface area (Å²) in [6.07, 6.45) is 1.64. The largest absolute Gasteiger partial charge is 0.460 e. The zero-order valence-electron chi connectivity index (χ0n) is 9.32. The third-order valence-corrected chi connectivity index (χ3v) is 2.66. The second-order valence-corrected chi connectivity index (χ2v) is 4.20. The first-order chi connectivity index (χ1) is 8.15. The van der Waals surface area contributed by atoms with E-state index in [2.05, 4.69) is 0 Å². The zero-order valence-corrected chi connectivity index (χ0v) is 9.32. The van der Waals surface area contributed by atoms with E-state index in [0.717, 1.165) is 12.8 Å².